The minimum absolute atomic E-state index is 0.124. The van der Waals surface area contributed by atoms with E-state index in [0.717, 1.165) is 5.56 Å². The van der Waals surface area contributed by atoms with Crippen molar-refractivity contribution in [3.05, 3.63) is 105 Å². The molecule has 0 N–H and O–H groups in total. The van der Waals surface area contributed by atoms with Crippen molar-refractivity contribution in [3.8, 4) is 5.69 Å². The summed E-state index contributed by atoms with van der Waals surface area (Å²) >= 11 is 0. The van der Waals surface area contributed by atoms with E-state index >= 15 is 0 Å². The molecule has 0 amide bonds. The fourth-order valence-corrected chi connectivity index (χ4v) is 3.72. The van der Waals surface area contributed by atoms with Crippen molar-refractivity contribution in [1.29, 1.82) is 0 Å². The molecule has 166 valence electrons. The SMILES string of the molecule is CC(=O)OC(CCc1cc2cccnc2n(-c2cccc([N+](=O)[O-])c2)c1=O)c1ccncc1. The van der Waals surface area contributed by atoms with Gasteiger partial charge in [-0.25, -0.2) is 4.98 Å². The number of benzene rings is 1. The van der Waals surface area contributed by atoms with Crippen LogP contribution in [0.4, 0.5) is 5.69 Å². The van der Waals surface area contributed by atoms with E-state index in [1.54, 1.807) is 48.9 Å². The summed E-state index contributed by atoms with van der Waals surface area (Å²) in [7, 11) is 0. The van der Waals surface area contributed by atoms with Gasteiger partial charge in [0.15, 0.2) is 0 Å². The second-order valence-corrected chi connectivity index (χ2v) is 7.42. The largest absolute Gasteiger partial charge is 0.458 e. The van der Waals surface area contributed by atoms with Crippen molar-refractivity contribution in [2.75, 3.05) is 0 Å². The zero-order valence-corrected chi connectivity index (χ0v) is 17.7. The molecular weight excluding hydrogens is 424 g/mol. The van der Waals surface area contributed by atoms with E-state index in [1.165, 1.54) is 29.7 Å². The molecule has 0 bridgehead atoms. The number of non-ortho nitro benzene ring substituents is 1. The summed E-state index contributed by atoms with van der Waals surface area (Å²) in [6, 6.07) is 14.7. The topological polar surface area (TPSA) is 117 Å². The summed E-state index contributed by atoms with van der Waals surface area (Å²) in [6.45, 7) is 1.34. The molecule has 0 aliphatic carbocycles. The van der Waals surface area contributed by atoms with Crippen LogP contribution in [0.25, 0.3) is 16.7 Å². The first kappa shape index (κ1) is 21.8. The van der Waals surface area contributed by atoms with Crippen LogP contribution >= 0.6 is 0 Å². The summed E-state index contributed by atoms with van der Waals surface area (Å²) in [5, 5.41) is 12.0. The first-order chi connectivity index (χ1) is 15.9. The van der Waals surface area contributed by atoms with E-state index in [-0.39, 0.29) is 11.2 Å². The predicted octanol–water partition coefficient (Wildman–Crippen LogP) is 3.93. The van der Waals surface area contributed by atoms with Gasteiger partial charge < -0.3 is 4.74 Å². The monoisotopic (exact) mass is 444 g/mol. The van der Waals surface area contributed by atoms with Gasteiger partial charge >= 0.3 is 5.97 Å². The lowest BCUT2D eigenvalue weighted by molar-refractivity contribution is -0.384. The molecule has 0 saturated heterocycles. The number of hydrogen-bond acceptors (Lipinski definition) is 7. The molecule has 3 aromatic heterocycles. The highest BCUT2D eigenvalue weighted by Crippen LogP contribution is 2.24. The number of pyridine rings is 3. The Kier molecular flexibility index (Phi) is 6.21. The predicted molar refractivity (Wildman–Crippen MR) is 121 cm³/mol. The molecule has 0 aliphatic heterocycles. The van der Waals surface area contributed by atoms with Gasteiger partial charge in [-0.2, -0.15) is 0 Å². The Bertz CT molecular complexity index is 1380. The summed E-state index contributed by atoms with van der Waals surface area (Å²) in [5.41, 5.74) is 1.55. The summed E-state index contributed by atoms with van der Waals surface area (Å²) in [5.74, 6) is -0.423. The van der Waals surface area contributed by atoms with Crippen LogP contribution in [0, 0.1) is 10.1 Å². The first-order valence-corrected chi connectivity index (χ1v) is 10.3. The first-order valence-electron chi connectivity index (χ1n) is 10.3. The standard InChI is InChI=1S/C24H20N4O5/c1-16(29)33-22(17-9-12-25-13-10-17)8-7-19-14-18-4-3-11-26-23(18)27(24(19)30)20-5-2-6-21(15-20)28(31)32/h2-6,9-15,22H,7-8H2,1H3. The van der Waals surface area contributed by atoms with Crippen LogP contribution in [0.1, 0.15) is 30.6 Å². The molecule has 1 unspecified atom stereocenters. The number of aryl methyl sites for hydroxylation is 1. The summed E-state index contributed by atoms with van der Waals surface area (Å²) in [6.07, 6.45) is 4.94. The molecule has 9 heteroatoms. The quantitative estimate of drug-likeness (QED) is 0.241. The Labute approximate surface area is 188 Å². The molecule has 4 rings (SSSR count). The summed E-state index contributed by atoms with van der Waals surface area (Å²) in [4.78, 5) is 44.2. The van der Waals surface area contributed by atoms with Gasteiger partial charge in [-0.15, -0.1) is 0 Å². The second kappa shape index (κ2) is 9.39. The molecule has 1 atom stereocenters. The zero-order valence-electron chi connectivity index (χ0n) is 17.7. The normalized spacial score (nSPS) is 11.8. The van der Waals surface area contributed by atoms with Crippen LogP contribution in [0.3, 0.4) is 0 Å². The average Bonchev–Trinajstić information content (AvgIpc) is 2.82. The van der Waals surface area contributed by atoms with E-state index in [1.807, 2.05) is 6.07 Å². The molecule has 0 fully saturated rings. The maximum atomic E-state index is 13.5. The van der Waals surface area contributed by atoms with E-state index in [9.17, 15) is 19.7 Å². The van der Waals surface area contributed by atoms with Crippen molar-refractivity contribution >= 4 is 22.7 Å². The van der Waals surface area contributed by atoms with Crippen LogP contribution in [0.2, 0.25) is 0 Å². The fourth-order valence-electron chi connectivity index (χ4n) is 3.72. The molecule has 9 nitrogen and oxygen atoms in total. The van der Waals surface area contributed by atoms with Crippen molar-refractivity contribution in [3.63, 3.8) is 0 Å². The van der Waals surface area contributed by atoms with Gasteiger partial charge in [-0.05, 0) is 54.8 Å². The van der Waals surface area contributed by atoms with Crippen molar-refractivity contribution in [2.24, 2.45) is 0 Å². The molecule has 1 aromatic carbocycles. The van der Waals surface area contributed by atoms with Gasteiger partial charge in [0, 0.05) is 48.6 Å². The number of nitro benzene ring substituents is 1. The van der Waals surface area contributed by atoms with E-state index in [4.69, 9.17) is 4.74 Å². The highest BCUT2D eigenvalue weighted by molar-refractivity contribution is 5.77. The fraction of sp³-hybridized carbons (Fsp3) is 0.167. The third-order valence-corrected chi connectivity index (χ3v) is 5.20. The van der Waals surface area contributed by atoms with Crippen LogP contribution < -0.4 is 5.56 Å². The Morgan fingerprint density at radius 3 is 2.64 bits per heavy atom. The summed E-state index contributed by atoms with van der Waals surface area (Å²) < 4.78 is 6.86. The van der Waals surface area contributed by atoms with Gasteiger partial charge in [-0.3, -0.25) is 29.3 Å². The molecular formula is C24H20N4O5. The van der Waals surface area contributed by atoms with Crippen LogP contribution in [-0.2, 0) is 16.0 Å². The second-order valence-electron chi connectivity index (χ2n) is 7.42. The van der Waals surface area contributed by atoms with Gasteiger partial charge in [0.2, 0.25) is 0 Å². The van der Waals surface area contributed by atoms with Crippen molar-refractivity contribution in [1.82, 2.24) is 14.5 Å². The maximum absolute atomic E-state index is 13.5. The highest BCUT2D eigenvalue weighted by atomic mass is 16.6. The smallest absolute Gasteiger partial charge is 0.303 e. The van der Waals surface area contributed by atoms with E-state index in [0.29, 0.717) is 35.1 Å². The van der Waals surface area contributed by atoms with E-state index < -0.39 is 17.0 Å². The van der Waals surface area contributed by atoms with Gasteiger partial charge in [0.25, 0.3) is 11.2 Å². The maximum Gasteiger partial charge on any atom is 0.303 e. The number of carbonyl (C=O) groups is 1. The van der Waals surface area contributed by atoms with Gasteiger partial charge in [0.05, 0.1) is 10.6 Å². The lowest BCUT2D eigenvalue weighted by Crippen LogP contribution is -2.24. The van der Waals surface area contributed by atoms with Crippen molar-refractivity contribution in [2.45, 2.75) is 25.9 Å². The molecule has 3 heterocycles. The number of esters is 1. The number of carbonyl (C=O) groups excluding carboxylic acids is 1. The number of nitro groups is 1. The number of aromatic nitrogens is 3. The average molecular weight is 444 g/mol. The number of nitrogens with zero attached hydrogens (tertiary/aromatic N) is 4. The number of fused-ring (bicyclic) bond motifs is 1. The number of hydrogen-bond donors (Lipinski definition) is 0. The molecule has 4 aromatic rings. The third kappa shape index (κ3) is 4.77. The minimum atomic E-state index is -0.541. The molecule has 0 spiro atoms. The van der Waals surface area contributed by atoms with Gasteiger partial charge in [0.1, 0.15) is 11.8 Å². The lowest BCUT2D eigenvalue weighted by atomic mass is 10.0. The highest BCUT2D eigenvalue weighted by Gasteiger charge is 2.19. The number of rotatable bonds is 7. The van der Waals surface area contributed by atoms with Crippen LogP contribution in [0.15, 0.2) is 78.0 Å². The molecule has 0 radical (unpaired) electrons. The zero-order chi connectivity index (χ0) is 23.4. The Morgan fingerprint density at radius 2 is 1.91 bits per heavy atom. The minimum Gasteiger partial charge on any atom is -0.458 e. The van der Waals surface area contributed by atoms with Crippen molar-refractivity contribution < 1.29 is 14.5 Å². The molecule has 0 aliphatic rings. The number of ether oxygens (including phenoxy) is 1. The molecule has 0 saturated carbocycles. The Hall–Kier alpha value is -4.40. The third-order valence-electron chi connectivity index (χ3n) is 5.20. The molecule has 33 heavy (non-hydrogen) atoms. The Morgan fingerprint density at radius 1 is 1.12 bits per heavy atom. The lowest BCUT2D eigenvalue weighted by Gasteiger charge is -2.18. The van der Waals surface area contributed by atoms with Gasteiger partial charge in [-0.1, -0.05) is 6.07 Å². The van der Waals surface area contributed by atoms with Crippen LogP contribution in [-0.4, -0.2) is 25.4 Å². The Balaban J connectivity index is 1.77. The van der Waals surface area contributed by atoms with E-state index in [2.05, 4.69) is 9.97 Å². The van der Waals surface area contributed by atoms with Crippen LogP contribution in [0.5, 0.6) is 0 Å².